The van der Waals surface area contributed by atoms with E-state index in [2.05, 4.69) is 24.3 Å². The Morgan fingerprint density at radius 1 is 0.800 bits per heavy atom. The van der Waals surface area contributed by atoms with E-state index in [4.69, 9.17) is 0 Å². The van der Waals surface area contributed by atoms with Crippen molar-refractivity contribution >= 4 is 12.3 Å². The molecule has 0 unspecified atom stereocenters. The lowest BCUT2D eigenvalue weighted by molar-refractivity contribution is -0.293. The largest absolute Gasteiger partial charge is 0.550 e. The van der Waals surface area contributed by atoms with Crippen LogP contribution in [0.3, 0.4) is 0 Å². The van der Waals surface area contributed by atoms with Crippen LogP contribution in [-0.4, -0.2) is 24.5 Å². The first-order valence-corrected chi connectivity index (χ1v) is 4.34. The van der Waals surface area contributed by atoms with Crippen molar-refractivity contribution < 1.29 is 33.9 Å². The van der Waals surface area contributed by atoms with Crippen LogP contribution in [0.4, 0.5) is 9.59 Å². The van der Waals surface area contributed by atoms with Gasteiger partial charge in [-0.3, -0.25) is 9.78 Å². The van der Waals surface area contributed by atoms with Crippen molar-refractivity contribution in [3.8, 4) is 0 Å². The van der Waals surface area contributed by atoms with E-state index < -0.39 is 12.3 Å². The highest BCUT2D eigenvalue weighted by molar-refractivity contribution is 5.76. The summed E-state index contributed by atoms with van der Waals surface area (Å²) in [6, 6.07) is 0. The second-order valence-electron chi connectivity index (χ2n) is 3.06. The number of ether oxygens (including phenoxy) is 1. The maximum Gasteiger partial charge on any atom is 0.550 e. The van der Waals surface area contributed by atoms with Crippen LogP contribution in [0.5, 0.6) is 0 Å². The first-order valence-electron chi connectivity index (χ1n) is 4.34. The minimum Gasteiger partial charge on any atom is -0.323 e. The second-order valence-corrected chi connectivity index (χ2v) is 3.06. The molecule has 0 fully saturated rings. The first kappa shape index (κ1) is 13.7. The number of hydrogen-bond acceptors (Lipinski definition) is 7. The van der Waals surface area contributed by atoms with Gasteiger partial charge in [-0.15, -0.1) is 0 Å². The molecule has 0 atom stereocenters. The number of carbonyl (C=O) groups is 2. The summed E-state index contributed by atoms with van der Waals surface area (Å²) in [6.07, 6.45) is -3.30. The quantitative estimate of drug-likeness (QED) is 0.311. The normalized spacial score (nSPS) is 10.3. The van der Waals surface area contributed by atoms with Gasteiger partial charge in [0.15, 0.2) is 0 Å². The average Bonchev–Trinajstić information content (AvgIpc) is 2.11. The fraction of sp³-hybridized carbons (Fsp3) is 0.750. The molecule has 15 heavy (non-hydrogen) atoms. The third-order valence-corrected chi connectivity index (χ3v) is 0.784. The number of hydrogen-bond donors (Lipinski definition) is 0. The van der Waals surface area contributed by atoms with Crippen LogP contribution in [-0.2, 0) is 24.3 Å². The maximum absolute atomic E-state index is 10.7. The molecule has 0 amide bonds. The highest BCUT2D eigenvalue weighted by Gasteiger charge is 2.16. The lowest BCUT2D eigenvalue weighted by Gasteiger charge is -2.06. The molecule has 0 aliphatic carbocycles. The van der Waals surface area contributed by atoms with Gasteiger partial charge in [-0.25, -0.2) is 9.59 Å². The van der Waals surface area contributed by atoms with E-state index >= 15 is 0 Å². The van der Waals surface area contributed by atoms with Gasteiger partial charge in [0.25, 0.3) is 0 Å². The molecule has 7 nitrogen and oxygen atoms in total. The minimum atomic E-state index is -1.32. The van der Waals surface area contributed by atoms with Gasteiger partial charge in [0.2, 0.25) is 0 Å². The Morgan fingerprint density at radius 2 is 1.13 bits per heavy atom. The Bertz CT molecular complexity index is 189. The molecule has 0 aliphatic rings. The van der Waals surface area contributed by atoms with Crippen molar-refractivity contribution in [3.05, 3.63) is 0 Å². The molecule has 0 N–H and O–H groups in total. The van der Waals surface area contributed by atoms with Gasteiger partial charge in [0.05, 0.1) is 12.2 Å². The zero-order chi connectivity index (χ0) is 11.8. The van der Waals surface area contributed by atoms with Crippen LogP contribution < -0.4 is 0 Å². The van der Waals surface area contributed by atoms with E-state index in [-0.39, 0.29) is 12.2 Å². The number of carbonyl (C=O) groups excluding carboxylic acids is 2. The summed E-state index contributed by atoms with van der Waals surface area (Å²) in [5, 5.41) is 0. The van der Waals surface area contributed by atoms with Gasteiger partial charge < -0.3 is 4.74 Å². The predicted molar refractivity (Wildman–Crippen MR) is 46.5 cm³/mol. The monoisotopic (exact) mass is 222 g/mol. The summed E-state index contributed by atoms with van der Waals surface area (Å²) in [7, 11) is 0. The molecule has 0 saturated heterocycles. The van der Waals surface area contributed by atoms with Crippen molar-refractivity contribution in [2.75, 3.05) is 0 Å². The van der Waals surface area contributed by atoms with E-state index in [0.29, 0.717) is 0 Å². The molecule has 0 aromatic rings. The van der Waals surface area contributed by atoms with Gasteiger partial charge in [-0.1, -0.05) is 0 Å². The summed E-state index contributed by atoms with van der Waals surface area (Å²) in [5.74, 6) is 0. The summed E-state index contributed by atoms with van der Waals surface area (Å²) in [6.45, 7) is 6.53. The Hall–Kier alpha value is -1.34. The van der Waals surface area contributed by atoms with Crippen molar-refractivity contribution in [1.29, 1.82) is 0 Å². The van der Waals surface area contributed by atoms with Gasteiger partial charge in [-0.05, 0) is 27.7 Å². The SMILES string of the molecule is CC(C)OOC(=O)OC(=O)OOC(C)C. The molecule has 88 valence electrons. The zero-order valence-electron chi connectivity index (χ0n) is 9.01. The maximum atomic E-state index is 10.7. The van der Waals surface area contributed by atoms with Crippen LogP contribution in [0.15, 0.2) is 0 Å². The molecule has 0 rings (SSSR count). The number of rotatable bonds is 4. The van der Waals surface area contributed by atoms with E-state index in [9.17, 15) is 9.59 Å². The molecule has 0 heterocycles. The van der Waals surface area contributed by atoms with Crippen LogP contribution in [0.1, 0.15) is 27.7 Å². The lowest BCUT2D eigenvalue weighted by atomic mass is 10.5. The van der Waals surface area contributed by atoms with Crippen molar-refractivity contribution in [2.45, 2.75) is 39.9 Å². The highest BCUT2D eigenvalue weighted by atomic mass is 17.3. The fourth-order valence-corrected chi connectivity index (χ4v) is 0.373. The minimum absolute atomic E-state index is 0.333. The molecular formula is C8H14O7. The standard InChI is InChI=1S/C8H14O7/c1-5(2)12-14-7(9)11-8(10)15-13-6(3)4/h5-6H,1-4H3. The zero-order valence-corrected chi connectivity index (χ0v) is 9.01. The van der Waals surface area contributed by atoms with Crippen LogP contribution in [0.25, 0.3) is 0 Å². The molecule has 0 saturated carbocycles. The predicted octanol–water partition coefficient (Wildman–Crippen LogP) is 1.96. The van der Waals surface area contributed by atoms with Crippen LogP contribution >= 0.6 is 0 Å². The lowest BCUT2D eigenvalue weighted by Crippen LogP contribution is -2.18. The Labute approximate surface area is 87.0 Å². The van der Waals surface area contributed by atoms with E-state index in [1.165, 1.54) is 0 Å². The molecule has 0 aromatic carbocycles. The van der Waals surface area contributed by atoms with Gasteiger partial charge in [0.1, 0.15) is 0 Å². The molecular weight excluding hydrogens is 208 g/mol. The first-order chi connectivity index (χ1) is 6.91. The van der Waals surface area contributed by atoms with E-state index in [0.717, 1.165) is 0 Å². The van der Waals surface area contributed by atoms with Gasteiger partial charge in [0, 0.05) is 0 Å². The summed E-state index contributed by atoms with van der Waals surface area (Å²) in [5.41, 5.74) is 0. The molecule has 7 heteroatoms. The Morgan fingerprint density at radius 3 is 1.40 bits per heavy atom. The molecule has 0 spiro atoms. The van der Waals surface area contributed by atoms with Crippen LogP contribution in [0.2, 0.25) is 0 Å². The van der Waals surface area contributed by atoms with E-state index in [1.807, 2.05) is 0 Å². The second kappa shape index (κ2) is 7.02. The Kier molecular flexibility index (Phi) is 6.39. The third-order valence-electron chi connectivity index (χ3n) is 0.784. The van der Waals surface area contributed by atoms with Crippen molar-refractivity contribution in [3.63, 3.8) is 0 Å². The average molecular weight is 222 g/mol. The van der Waals surface area contributed by atoms with Gasteiger partial charge >= 0.3 is 12.3 Å². The summed E-state index contributed by atoms with van der Waals surface area (Å²) >= 11 is 0. The van der Waals surface area contributed by atoms with Crippen LogP contribution in [0, 0.1) is 0 Å². The highest BCUT2D eigenvalue weighted by Crippen LogP contribution is 1.97. The molecule has 0 aromatic heterocycles. The molecule has 0 aliphatic heterocycles. The molecule has 0 radical (unpaired) electrons. The third kappa shape index (κ3) is 8.98. The van der Waals surface area contributed by atoms with Crippen molar-refractivity contribution in [2.24, 2.45) is 0 Å². The smallest absolute Gasteiger partial charge is 0.323 e. The fourth-order valence-electron chi connectivity index (χ4n) is 0.373. The summed E-state index contributed by atoms with van der Waals surface area (Å²) < 4.78 is 3.98. The summed E-state index contributed by atoms with van der Waals surface area (Å²) in [4.78, 5) is 38.3. The van der Waals surface area contributed by atoms with Crippen molar-refractivity contribution in [1.82, 2.24) is 0 Å². The van der Waals surface area contributed by atoms with Gasteiger partial charge in [-0.2, -0.15) is 9.78 Å². The topological polar surface area (TPSA) is 80.3 Å². The Balaban J connectivity index is 3.63. The molecule has 0 bridgehead atoms. The van der Waals surface area contributed by atoms with E-state index in [1.54, 1.807) is 27.7 Å².